The number of carbonyl (C=O) groups excluding carboxylic acids is 2. The Hall–Kier alpha value is -3.95. The molecule has 2 atom stereocenters. The van der Waals surface area contributed by atoms with Crippen LogP contribution in [0.4, 0.5) is 40.9 Å². The largest absolute Gasteiger partial charge is 0.417 e. The van der Waals surface area contributed by atoms with Gasteiger partial charge in [-0.15, -0.1) is 11.8 Å². The predicted octanol–water partition coefficient (Wildman–Crippen LogP) is 5.33. The first-order valence-corrected chi connectivity index (χ1v) is 14.2. The summed E-state index contributed by atoms with van der Waals surface area (Å²) >= 11 is 0.975. The van der Waals surface area contributed by atoms with E-state index < -0.39 is 64.4 Å². The van der Waals surface area contributed by atoms with Crippen molar-refractivity contribution in [3.8, 4) is 11.1 Å². The fraction of sp³-hybridized carbons (Fsp3) is 0.357. The number of aryl methyl sites for hydroxylation is 1. The molecule has 16 heteroatoms. The molecule has 0 aliphatic carbocycles. The zero-order valence-corrected chi connectivity index (χ0v) is 23.1. The number of fused-ring (bicyclic) bond motifs is 2. The number of carbonyl (C=O) groups is 2. The number of thioether (sulfide) groups is 1. The van der Waals surface area contributed by atoms with E-state index in [1.807, 2.05) is 0 Å². The van der Waals surface area contributed by atoms with Gasteiger partial charge in [-0.1, -0.05) is 0 Å². The molecule has 2 fully saturated rings. The van der Waals surface area contributed by atoms with Crippen LogP contribution < -0.4 is 10.6 Å². The summed E-state index contributed by atoms with van der Waals surface area (Å²) in [6, 6.07) is 1.09. The highest BCUT2D eigenvalue weighted by Crippen LogP contribution is 2.49. The van der Waals surface area contributed by atoms with Gasteiger partial charge in [-0.3, -0.25) is 14.2 Å². The number of nitrogens with zero attached hydrogens (tertiary/aromatic N) is 4. The standard InChI is InChI=1S/C28H20F8N4O3S/c29-13-1-2-17(20(30)7-13)22-19(28(34,35)36)10-18-23-24(22)44-6-5-39(23)26(43)37-25(18)38-11-14-8-16(41)9-15(12-38)40(14)21(42)3-4-27(31,32)33/h1-4,7,10,14-15H,5-6,8-9,11-12H2/b4-3+. The maximum absolute atomic E-state index is 14.9. The number of alkyl halides is 6. The number of anilines is 1. The van der Waals surface area contributed by atoms with Gasteiger partial charge in [-0.25, -0.2) is 13.6 Å². The third-order valence-electron chi connectivity index (χ3n) is 7.81. The molecule has 3 aliphatic heterocycles. The van der Waals surface area contributed by atoms with Gasteiger partial charge in [-0.05, 0) is 18.2 Å². The third-order valence-corrected chi connectivity index (χ3v) is 8.88. The van der Waals surface area contributed by atoms with Gasteiger partial charge in [0.2, 0.25) is 5.91 Å². The maximum atomic E-state index is 14.9. The Bertz CT molecular complexity index is 1780. The van der Waals surface area contributed by atoms with Crippen molar-refractivity contribution in [1.82, 2.24) is 14.5 Å². The normalized spacial score (nSPS) is 20.6. The molecule has 2 bridgehead atoms. The van der Waals surface area contributed by atoms with Gasteiger partial charge < -0.3 is 9.80 Å². The highest BCUT2D eigenvalue weighted by molar-refractivity contribution is 7.99. The van der Waals surface area contributed by atoms with Crippen molar-refractivity contribution in [3.63, 3.8) is 0 Å². The Morgan fingerprint density at radius 1 is 1.00 bits per heavy atom. The fourth-order valence-corrected chi connectivity index (χ4v) is 7.38. The van der Waals surface area contributed by atoms with E-state index in [1.54, 1.807) is 0 Å². The van der Waals surface area contributed by atoms with E-state index in [2.05, 4.69) is 4.98 Å². The molecule has 0 N–H and O–H groups in total. The molecule has 0 saturated carbocycles. The lowest BCUT2D eigenvalue weighted by molar-refractivity contribution is -0.139. The smallest absolute Gasteiger partial charge is 0.352 e. The number of hydrogen-bond donors (Lipinski definition) is 0. The van der Waals surface area contributed by atoms with Gasteiger partial charge in [0.05, 0.1) is 23.2 Å². The van der Waals surface area contributed by atoms with Crippen molar-refractivity contribution >= 4 is 40.2 Å². The van der Waals surface area contributed by atoms with Gasteiger partial charge in [0.1, 0.15) is 23.2 Å². The summed E-state index contributed by atoms with van der Waals surface area (Å²) in [6.45, 7) is -0.306. The van der Waals surface area contributed by atoms with Gasteiger partial charge in [0.15, 0.2) is 0 Å². The van der Waals surface area contributed by atoms with Crippen LogP contribution >= 0.6 is 11.8 Å². The van der Waals surface area contributed by atoms with Crippen molar-refractivity contribution in [2.24, 2.45) is 0 Å². The molecule has 1 aromatic heterocycles. The van der Waals surface area contributed by atoms with E-state index in [4.69, 9.17) is 0 Å². The second-order valence-electron chi connectivity index (χ2n) is 10.6. The number of allylic oxidation sites excluding steroid dienone is 1. The first kappa shape index (κ1) is 30.1. The number of benzene rings is 2. The number of hydrogen-bond acceptors (Lipinski definition) is 6. The number of Topliss-reactive ketones (excluding diaryl/α,β-unsaturated/α-hetero) is 1. The van der Waals surface area contributed by atoms with Crippen LogP contribution in [0.2, 0.25) is 0 Å². The number of rotatable bonds is 3. The Labute approximate surface area is 247 Å². The van der Waals surface area contributed by atoms with E-state index in [1.165, 1.54) is 9.47 Å². The van der Waals surface area contributed by atoms with E-state index in [-0.39, 0.29) is 71.7 Å². The van der Waals surface area contributed by atoms with Gasteiger partial charge in [0, 0.05) is 77.9 Å². The maximum Gasteiger partial charge on any atom is 0.417 e. The van der Waals surface area contributed by atoms with Crippen molar-refractivity contribution in [3.05, 3.63) is 64.1 Å². The van der Waals surface area contributed by atoms with Crippen LogP contribution in [0.5, 0.6) is 0 Å². The highest BCUT2D eigenvalue weighted by atomic mass is 32.2. The molecule has 1 amide bonds. The molecule has 2 aromatic carbocycles. The van der Waals surface area contributed by atoms with Crippen LogP contribution in [0, 0.1) is 11.6 Å². The molecule has 3 aromatic rings. The molecule has 232 valence electrons. The number of amides is 1. The van der Waals surface area contributed by atoms with Crippen LogP contribution in [-0.2, 0) is 22.3 Å². The van der Waals surface area contributed by atoms with Crippen LogP contribution in [0.15, 0.2) is 46.1 Å². The molecule has 6 rings (SSSR count). The zero-order chi connectivity index (χ0) is 31.7. The summed E-state index contributed by atoms with van der Waals surface area (Å²) < 4.78 is 112. The van der Waals surface area contributed by atoms with Crippen LogP contribution in [0.1, 0.15) is 18.4 Å². The lowest BCUT2D eigenvalue weighted by Crippen LogP contribution is -2.64. The van der Waals surface area contributed by atoms with Gasteiger partial charge >= 0.3 is 18.0 Å². The van der Waals surface area contributed by atoms with Crippen molar-refractivity contribution in [2.45, 2.75) is 48.7 Å². The van der Waals surface area contributed by atoms with Crippen LogP contribution in [0.3, 0.4) is 0 Å². The summed E-state index contributed by atoms with van der Waals surface area (Å²) in [6.07, 6.45) is -10.0. The lowest BCUT2D eigenvalue weighted by Gasteiger charge is -2.49. The first-order chi connectivity index (χ1) is 20.6. The Balaban J connectivity index is 1.52. The quantitative estimate of drug-likeness (QED) is 0.284. The second-order valence-corrected chi connectivity index (χ2v) is 11.7. The number of piperazine rings is 1. The van der Waals surface area contributed by atoms with Gasteiger partial charge in [-0.2, -0.15) is 31.3 Å². The molecule has 0 spiro atoms. The fourth-order valence-electron chi connectivity index (χ4n) is 6.18. The summed E-state index contributed by atoms with van der Waals surface area (Å²) in [5, 5.41) is -0.0912. The molecule has 2 unspecified atom stereocenters. The topological polar surface area (TPSA) is 75.5 Å². The van der Waals surface area contributed by atoms with E-state index in [0.29, 0.717) is 12.1 Å². The SMILES string of the molecule is O=C1CC2CN(c3nc(=O)n4c5c(c(-c6ccc(F)cc6F)c(C(F)(F)F)cc35)SCC4)CC(C1)N2C(=O)/C=C/C(F)(F)F. The summed E-state index contributed by atoms with van der Waals surface area (Å²) in [5.41, 5.74) is -3.03. The molecule has 44 heavy (non-hydrogen) atoms. The minimum atomic E-state index is -5.02. The van der Waals surface area contributed by atoms with Crippen molar-refractivity contribution in [2.75, 3.05) is 23.7 Å². The molecule has 7 nitrogen and oxygen atoms in total. The summed E-state index contributed by atoms with van der Waals surface area (Å²) in [5.74, 6) is -3.42. The zero-order valence-electron chi connectivity index (χ0n) is 22.3. The lowest BCUT2D eigenvalue weighted by atomic mass is 9.89. The molecule has 2 saturated heterocycles. The molecule has 3 aliphatic rings. The van der Waals surface area contributed by atoms with E-state index >= 15 is 0 Å². The Morgan fingerprint density at radius 3 is 2.30 bits per heavy atom. The Morgan fingerprint density at radius 2 is 1.68 bits per heavy atom. The van der Waals surface area contributed by atoms with Crippen LogP contribution in [-0.4, -0.2) is 63.2 Å². The van der Waals surface area contributed by atoms with Crippen molar-refractivity contribution in [1.29, 1.82) is 0 Å². The van der Waals surface area contributed by atoms with Crippen LogP contribution in [0.25, 0.3) is 22.0 Å². The van der Waals surface area contributed by atoms with Gasteiger partial charge in [0.25, 0.3) is 0 Å². The predicted molar refractivity (Wildman–Crippen MR) is 143 cm³/mol. The minimum Gasteiger partial charge on any atom is -0.352 e. The molecule has 4 heterocycles. The number of piperidine rings is 1. The average molecular weight is 645 g/mol. The molecule has 0 radical (unpaired) electrons. The average Bonchev–Trinajstić information content (AvgIpc) is 2.92. The first-order valence-electron chi connectivity index (χ1n) is 13.2. The third kappa shape index (κ3) is 5.32. The Kier molecular flexibility index (Phi) is 7.25. The number of ketones is 1. The van der Waals surface area contributed by atoms with Crippen molar-refractivity contribution < 1.29 is 44.7 Å². The number of aromatic nitrogens is 2. The molecular weight excluding hydrogens is 624 g/mol. The summed E-state index contributed by atoms with van der Waals surface area (Å²) in [4.78, 5) is 45.0. The minimum absolute atomic E-state index is 0.0474. The summed E-state index contributed by atoms with van der Waals surface area (Å²) in [7, 11) is 0. The number of halogens is 8. The molecular formula is C28H20F8N4O3S. The van der Waals surface area contributed by atoms with E-state index in [9.17, 15) is 49.5 Å². The highest BCUT2D eigenvalue weighted by Gasteiger charge is 2.44. The monoisotopic (exact) mass is 644 g/mol. The second kappa shape index (κ2) is 10.6. The van der Waals surface area contributed by atoms with E-state index in [0.717, 1.165) is 34.9 Å².